The van der Waals surface area contributed by atoms with E-state index in [2.05, 4.69) is 36.4 Å². The van der Waals surface area contributed by atoms with Crippen LogP contribution in [-0.4, -0.2) is 16.6 Å². The van der Waals surface area contributed by atoms with Crippen molar-refractivity contribution in [2.24, 2.45) is 0 Å². The molecule has 0 atom stereocenters. The summed E-state index contributed by atoms with van der Waals surface area (Å²) in [6.07, 6.45) is 0. The monoisotopic (exact) mass is 212 g/mol. The lowest BCUT2D eigenvalue weighted by Gasteiger charge is -2.02. The van der Waals surface area contributed by atoms with E-state index in [1.165, 1.54) is 10.4 Å². The Hall–Kier alpha value is -1.54. The molecule has 0 saturated carbocycles. The molecule has 0 spiro atoms. The van der Waals surface area contributed by atoms with Gasteiger partial charge in [0.25, 0.3) is 0 Å². The van der Waals surface area contributed by atoms with Crippen LogP contribution in [0.1, 0.15) is 0 Å². The summed E-state index contributed by atoms with van der Waals surface area (Å²) in [4.78, 5) is 0. The van der Waals surface area contributed by atoms with E-state index in [1.807, 2.05) is 18.2 Å². The maximum atomic E-state index is 5.12. The quantitative estimate of drug-likeness (QED) is 0.698. The van der Waals surface area contributed by atoms with Gasteiger partial charge in [-0.15, -0.1) is 0 Å². The molecule has 2 rings (SSSR count). The summed E-state index contributed by atoms with van der Waals surface area (Å²) in [5.74, 6) is 0.914. The second-order valence-corrected chi connectivity index (χ2v) is 4.62. The first-order chi connectivity index (χ1) is 7.38. The minimum atomic E-state index is 0.719. The predicted molar refractivity (Wildman–Crippen MR) is 64.5 cm³/mol. The van der Waals surface area contributed by atoms with E-state index in [1.54, 1.807) is 7.11 Å². The third-order valence-electron chi connectivity index (χ3n) is 2.15. The highest BCUT2D eigenvalue weighted by Crippen LogP contribution is 2.04. The third kappa shape index (κ3) is 2.70. The van der Waals surface area contributed by atoms with Crippen LogP contribution in [0.3, 0.4) is 0 Å². The van der Waals surface area contributed by atoms with Crippen molar-refractivity contribution >= 4 is 19.9 Å². The van der Waals surface area contributed by atoms with Crippen molar-refractivity contribution in [2.45, 2.75) is 0 Å². The standard InChI is InChI=1S/C13H12OSi/c1-14-11-7-9-13(10-8-11)15-12-5-3-2-4-6-12/h2-10H,1H3. The normalized spacial score (nSPS) is 9.93. The topological polar surface area (TPSA) is 9.23 Å². The molecule has 0 bridgehead atoms. The van der Waals surface area contributed by atoms with Crippen LogP contribution in [0.25, 0.3) is 0 Å². The second kappa shape index (κ2) is 4.80. The lowest BCUT2D eigenvalue weighted by atomic mass is 10.3. The number of rotatable bonds is 3. The Kier molecular flexibility index (Phi) is 3.20. The summed E-state index contributed by atoms with van der Waals surface area (Å²) in [6.45, 7) is 0. The molecule has 0 aliphatic heterocycles. The van der Waals surface area contributed by atoms with Crippen molar-refractivity contribution in [3.05, 3.63) is 54.6 Å². The van der Waals surface area contributed by atoms with E-state index >= 15 is 0 Å². The van der Waals surface area contributed by atoms with Gasteiger partial charge in [-0.3, -0.25) is 0 Å². The highest BCUT2D eigenvalue weighted by atomic mass is 28.2. The molecule has 0 fully saturated rings. The molecular weight excluding hydrogens is 200 g/mol. The van der Waals surface area contributed by atoms with E-state index < -0.39 is 0 Å². The number of benzene rings is 2. The number of hydrogen-bond acceptors (Lipinski definition) is 1. The van der Waals surface area contributed by atoms with Crippen LogP contribution < -0.4 is 15.1 Å². The fourth-order valence-corrected chi connectivity index (χ4v) is 2.39. The van der Waals surface area contributed by atoms with Crippen LogP contribution in [0, 0.1) is 0 Å². The molecule has 74 valence electrons. The maximum Gasteiger partial charge on any atom is 0.121 e. The first kappa shape index (κ1) is 9.99. The van der Waals surface area contributed by atoms with E-state index in [9.17, 15) is 0 Å². The van der Waals surface area contributed by atoms with Crippen molar-refractivity contribution in [1.82, 2.24) is 0 Å². The summed E-state index contributed by atoms with van der Waals surface area (Å²) >= 11 is 0. The van der Waals surface area contributed by atoms with Crippen molar-refractivity contribution < 1.29 is 4.74 Å². The van der Waals surface area contributed by atoms with Crippen molar-refractivity contribution in [3.63, 3.8) is 0 Å². The van der Waals surface area contributed by atoms with Crippen molar-refractivity contribution in [2.75, 3.05) is 7.11 Å². The van der Waals surface area contributed by atoms with Crippen LogP contribution >= 0.6 is 0 Å². The van der Waals surface area contributed by atoms with Gasteiger partial charge in [0.05, 0.1) is 7.11 Å². The molecule has 0 aliphatic carbocycles. The van der Waals surface area contributed by atoms with Crippen LogP contribution in [0.2, 0.25) is 0 Å². The van der Waals surface area contributed by atoms with Gasteiger partial charge in [-0.1, -0.05) is 52.8 Å². The summed E-state index contributed by atoms with van der Waals surface area (Å²) in [6, 6.07) is 18.7. The molecule has 0 heterocycles. The summed E-state index contributed by atoms with van der Waals surface area (Å²) in [5, 5.41) is 2.70. The zero-order valence-corrected chi connectivity index (χ0v) is 9.60. The van der Waals surface area contributed by atoms with Gasteiger partial charge < -0.3 is 4.74 Å². The summed E-state index contributed by atoms with van der Waals surface area (Å²) in [5.41, 5.74) is 0. The zero-order valence-electron chi connectivity index (χ0n) is 8.60. The molecule has 2 radical (unpaired) electrons. The van der Waals surface area contributed by atoms with E-state index in [-0.39, 0.29) is 0 Å². The third-order valence-corrected chi connectivity index (χ3v) is 3.40. The fourth-order valence-electron chi connectivity index (χ4n) is 1.36. The Morgan fingerprint density at radius 2 is 1.40 bits per heavy atom. The molecule has 0 N–H and O–H groups in total. The van der Waals surface area contributed by atoms with Gasteiger partial charge in [0.2, 0.25) is 0 Å². The van der Waals surface area contributed by atoms with E-state index in [4.69, 9.17) is 4.74 Å². The van der Waals surface area contributed by atoms with Gasteiger partial charge in [0.15, 0.2) is 0 Å². The minimum absolute atomic E-state index is 0.719. The second-order valence-electron chi connectivity index (χ2n) is 3.22. The Bertz CT molecular complexity index is 408. The number of hydrogen-bond donors (Lipinski definition) is 0. The Balaban J connectivity index is 2.11. The predicted octanol–water partition coefficient (Wildman–Crippen LogP) is 1.35. The lowest BCUT2D eigenvalue weighted by Crippen LogP contribution is -2.26. The molecule has 0 aromatic heterocycles. The molecule has 15 heavy (non-hydrogen) atoms. The molecule has 0 aliphatic rings. The van der Waals surface area contributed by atoms with Crippen LogP contribution in [0.5, 0.6) is 5.75 Å². The Labute approximate surface area is 92.5 Å². The average Bonchev–Trinajstić information content (AvgIpc) is 2.31. The van der Waals surface area contributed by atoms with Gasteiger partial charge in [-0.05, 0) is 12.1 Å². The molecule has 1 nitrogen and oxygen atoms in total. The molecular formula is C13H12OSi. The van der Waals surface area contributed by atoms with Crippen LogP contribution in [0.4, 0.5) is 0 Å². The van der Waals surface area contributed by atoms with E-state index in [0.717, 1.165) is 15.3 Å². The summed E-state index contributed by atoms with van der Waals surface area (Å²) < 4.78 is 5.12. The molecule has 0 saturated heterocycles. The SMILES string of the molecule is COc1ccc([Si]c2ccccc2)cc1. The molecule has 2 heteroatoms. The van der Waals surface area contributed by atoms with Gasteiger partial charge in [0.1, 0.15) is 15.3 Å². The summed E-state index contributed by atoms with van der Waals surface area (Å²) in [7, 11) is 2.41. The first-order valence-corrected chi connectivity index (χ1v) is 5.84. The van der Waals surface area contributed by atoms with Crippen LogP contribution in [-0.2, 0) is 0 Å². The smallest absolute Gasteiger partial charge is 0.121 e. The van der Waals surface area contributed by atoms with Crippen molar-refractivity contribution in [1.29, 1.82) is 0 Å². The molecule has 2 aromatic rings. The van der Waals surface area contributed by atoms with Gasteiger partial charge in [-0.25, -0.2) is 0 Å². The van der Waals surface area contributed by atoms with Gasteiger partial charge in [-0.2, -0.15) is 0 Å². The molecule has 0 unspecified atom stereocenters. The minimum Gasteiger partial charge on any atom is -0.497 e. The first-order valence-electron chi connectivity index (χ1n) is 4.84. The number of methoxy groups -OCH3 is 1. The maximum absolute atomic E-state index is 5.12. The van der Waals surface area contributed by atoms with E-state index in [0.29, 0.717) is 0 Å². The van der Waals surface area contributed by atoms with Crippen LogP contribution in [0.15, 0.2) is 54.6 Å². The van der Waals surface area contributed by atoms with Crippen molar-refractivity contribution in [3.8, 4) is 5.75 Å². The molecule has 2 aromatic carbocycles. The highest BCUT2D eigenvalue weighted by molar-refractivity contribution is 6.67. The Morgan fingerprint density at radius 1 is 0.800 bits per heavy atom. The largest absolute Gasteiger partial charge is 0.497 e. The number of ether oxygens (including phenoxy) is 1. The van der Waals surface area contributed by atoms with Gasteiger partial charge >= 0.3 is 0 Å². The lowest BCUT2D eigenvalue weighted by molar-refractivity contribution is 0.415. The fraction of sp³-hybridized carbons (Fsp3) is 0.0769. The average molecular weight is 212 g/mol. The Morgan fingerprint density at radius 3 is 2.00 bits per heavy atom. The van der Waals surface area contributed by atoms with Gasteiger partial charge in [0, 0.05) is 0 Å². The highest BCUT2D eigenvalue weighted by Gasteiger charge is 1.97. The molecule has 0 amide bonds. The zero-order chi connectivity index (χ0) is 10.5.